The molecule has 1 aromatic heterocycles. The molecule has 4 nitrogen and oxygen atoms in total. The standard InChI is InChI=1S/C15H16BrNO3/c1-11-8-12(16)10-17-15(11)20-14-5-3-4-13(9-14)19-7-6-18-2/h3-5,8-10H,6-7H2,1-2H3. The lowest BCUT2D eigenvalue weighted by molar-refractivity contribution is 0.146. The van der Waals surface area contributed by atoms with Crippen molar-refractivity contribution in [1.82, 2.24) is 4.98 Å². The number of hydrogen-bond acceptors (Lipinski definition) is 4. The molecule has 0 amide bonds. The number of halogens is 1. The summed E-state index contributed by atoms with van der Waals surface area (Å²) >= 11 is 3.38. The van der Waals surface area contributed by atoms with Crippen LogP contribution in [0.1, 0.15) is 5.56 Å². The third kappa shape index (κ3) is 4.21. The Morgan fingerprint density at radius 3 is 2.70 bits per heavy atom. The highest BCUT2D eigenvalue weighted by molar-refractivity contribution is 9.10. The van der Waals surface area contributed by atoms with Gasteiger partial charge in [-0.3, -0.25) is 0 Å². The second-order valence-corrected chi connectivity index (χ2v) is 5.11. The normalized spacial score (nSPS) is 10.3. The zero-order chi connectivity index (χ0) is 14.4. The number of pyridine rings is 1. The molecule has 1 heterocycles. The number of ether oxygens (including phenoxy) is 3. The number of rotatable bonds is 6. The van der Waals surface area contributed by atoms with Gasteiger partial charge in [-0.25, -0.2) is 4.98 Å². The minimum Gasteiger partial charge on any atom is -0.491 e. The van der Waals surface area contributed by atoms with Gasteiger partial charge in [-0.15, -0.1) is 0 Å². The van der Waals surface area contributed by atoms with Crippen LogP contribution in [0.25, 0.3) is 0 Å². The van der Waals surface area contributed by atoms with Crippen molar-refractivity contribution in [3.8, 4) is 17.4 Å². The molecule has 0 aliphatic carbocycles. The van der Waals surface area contributed by atoms with Crippen LogP contribution in [0, 0.1) is 6.92 Å². The van der Waals surface area contributed by atoms with Crippen LogP contribution in [0.5, 0.6) is 17.4 Å². The lowest BCUT2D eigenvalue weighted by atomic mass is 10.3. The Kier molecular flexibility index (Phi) is 5.38. The molecule has 0 saturated carbocycles. The van der Waals surface area contributed by atoms with Crippen LogP contribution < -0.4 is 9.47 Å². The van der Waals surface area contributed by atoms with Crippen LogP contribution in [0.15, 0.2) is 41.0 Å². The average molecular weight is 338 g/mol. The smallest absolute Gasteiger partial charge is 0.222 e. The minimum atomic E-state index is 0.509. The summed E-state index contributed by atoms with van der Waals surface area (Å²) in [6.45, 7) is 3.01. The summed E-state index contributed by atoms with van der Waals surface area (Å²) in [4.78, 5) is 4.25. The van der Waals surface area contributed by atoms with E-state index in [9.17, 15) is 0 Å². The number of aryl methyl sites for hydroxylation is 1. The van der Waals surface area contributed by atoms with E-state index in [4.69, 9.17) is 14.2 Å². The zero-order valence-electron chi connectivity index (χ0n) is 11.4. The predicted octanol–water partition coefficient (Wildman–Crippen LogP) is 3.97. The van der Waals surface area contributed by atoms with Gasteiger partial charge in [0.05, 0.1) is 6.61 Å². The molecule has 2 aromatic rings. The Labute approximate surface area is 126 Å². The van der Waals surface area contributed by atoms with Gasteiger partial charge >= 0.3 is 0 Å². The van der Waals surface area contributed by atoms with E-state index in [0.717, 1.165) is 15.8 Å². The molecule has 0 spiro atoms. The van der Waals surface area contributed by atoms with E-state index in [0.29, 0.717) is 24.8 Å². The molecule has 0 unspecified atom stereocenters. The first-order valence-electron chi connectivity index (χ1n) is 6.21. The number of hydrogen-bond donors (Lipinski definition) is 0. The Morgan fingerprint density at radius 1 is 1.15 bits per heavy atom. The maximum atomic E-state index is 5.77. The molecule has 0 bridgehead atoms. The van der Waals surface area contributed by atoms with Crippen molar-refractivity contribution in [1.29, 1.82) is 0 Å². The molecule has 1 aromatic carbocycles. The van der Waals surface area contributed by atoms with E-state index in [1.54, 1.807) is 13.3 Å². The first kappa shape index (κ1) is 14.8. The maximum Gasteiger partial charge on any atom is 0.222 e. The molecule has 0 atom stereocenters. The third-order valence-corrected chi connectivity index (χ3v) is 3.01. The summed E-state index contributed by atoms with van der Waals surface area (Å²) in [6.07, 6.45) is 1.71. The Hall–Kier alpha value is -1.59. The van der Waals surface area contributed by atoms with Crippen molar-refractivity contribution in [3.63, 3.8) is 0 Å². The number of benzene rings is 1. The molecular weight excluding hydrogens is 322 g/mol. The minimum absolute atomic E-state index is 0.509. The Bertz CT molecular complexity index is 575. The number of nitrogens with zero attached hydrogens (tertiary/aromatic N) is 1. The van der Waals surface area contributed by atoms with Gasteiger partial charge in [0.2, 0.25) is 5.88 Å². The van der Waals surface area contributed by atoms with Crippen LogP contribution in [0.3, 0.4) is 0 Å². The fraction of sp³-hybridized carbons (Fsp3) is 0.267. The van der Waals surface area contributed by atoms with Gasteiger partial charge in [0.1, 0.15) is 18.1 Å². The SMILES string of the molecule is COCCOc1cccc(Oc2ncc(Br)cc2C)c1. The van der Waals surface area contributed by atoms with Crippen molar-refractivity contribution in [2.24, 2.45) is 0 Å². The molecule has 0 N–H and O–H groups in total. The molecule has 0 fully saturated rings. The summed E-state index contributed by atoms with van der Waals surface area (Å²) in [5.41, 5.74) is 0.963. The summed E-state index contributed by atoms with van der Waals surface area (Å²) < 4.78 is 17.2. The van der Waals surface area contributed by atoms with Gasteiger partial charge in [0.25, 0.3) is 0 Å². The first-order valence-corrected chi connectivity index (χ1v) is 7.00. The highest BCUT2D eigenvalue weighted by Gasteiger charge is 2.05. The molecule has 106 valence electrons. The third-order valence-electron chi connectivity index (χ3n) is 2.57. The highest BCUT2D eigenvalue weighted by Crippen LogP contribution is 2.27. The summed E-state index contributed by atoms with van der Waals surface area (Å²) in [7, 11) is 1.64. The van der Waals surface area contributed by atoms with E-state index < -0.39 is 0 Å². The number of methoxy groups -OCH3 is 1. The van der Waals surface area contributed by atoms with Gasteiger partial charge < -0.3 is 14.2 Å². The van der Waals surface area contributed by atoms with Crippen LogP contribution in [-0.4, -0.2) is 25.3 Å². The summed E-state index contributed by atoms with van der Waals surface area (Å²) in [6, 6.07) is 9.42. The first-order chi connectivity index (χ1) is 9.69. The van der Waals surface area contributed by atoms with Gasteiger partial charge in [0, 0.05) is 29.4 Å². The van der Waals surface area contributed by atoms with E-state index in [2.05, 4.69) is 20.9 Å². The summed E-state index contributed by atoms with van der Waals surface area (Å²) in [5, 5.41) is 0. The van der Waals surface area contributed by atoms with Crippen molar-refractivity contribution in [2.75, 3.05) is 20.3 Å². The molecule has 0 aliphatic heterocycles. The second kappa shape index (κ2) is 7.26. The second-order valence-electron chi connectivity index (χ2n) is 4.19. The van der Waals surface area contributed by atoms with Crippen molar-refractivity contribution < 1.29 is 14.2 Å². The fourth-order valence-electron chi connectivity index (χ4n) is 1.62. The molecule has 0 aliphatic rings. The molecule has 0 radical (unpaired) electrons. The van der Waals surface area contributed by atoms with Crippen LogP contribution >= 0.6 is 15.9 Å². The molecule has 5 heteroatoms. The Balaban J connectivity index is 2.07. The monoisotopic (exact) mass is 337 g/mol. The van der Waals surface area contributed by atoms with Gasteiger partial charge in [-0.1, -0.05) is 6.07 Å². The molecule has 20 heavy (non-hydrogen) atoms. The lowest BCUT2D eigenvalue weighted by Crippen LogP contribution is -2.04. The van der Waals surface area contributed by atoms with E-state index in [-0.39, 0.29) is 0 Å². The van der Waals surface area contributed by atoms with E-state index >= 15 is 0 Å². The number of aromatic nitrogens is 1. The molecule has 0 saturated heterocycles. The maximum absolute atomic E-state index is 5.77. The average Bonchev–Trinajstić information content (AvgIpc) is 2.43. The largest absolute Gasteiger partial charge is 0.491 e. The predicted molar refractivity (Wildman–Crippen MR) is 80.6 cm³/mol. The fourth-order valence-corrected chi connectivity index (χ4v) is 2.06. The van der Waals surface area contributed by atoms with Gasteiger partial charge in [-0.2, -0.15) is 0 Å². The van der Waals surface area contributed by atoms with Crippen molar-refractivity contribution in [3.05, 3.63) is 46.6 Å². The van der Waals surface area contributed by atoms with Crippen LogP contribution in [0.4, 0.5) is 0 Å². The van der Waals surface area contributed by atoms with E-state index in [1.165, 1.54) is 0 Å². The quantitative estimate of drug-likeness (QED) is 0.748. The molecule has 2 rings (SSSR count). The van der Waals surface area contributed by atoms with Crippen LogP contribution in [0.2, 0.25) is 0 Å². The topological polar surface area (TPSA) is 40.6 Å². The zero-order valence-corrected chi connectivity index (χ0v) is 13.0. The van der Waals surface area contributed by atoms with Gasteiger partial charge in [0.15, 0.2) is 0 Å². The van der Waals surface area contributed by atoms with Gasteiger partial charge in [-0.05, 0) is 41.1 Å². The van der Waals surface area contributed by atoms with E-state index in [1.807, 2.05) is 37.3 Å². The van der Waals surface area contributed by atoms with Crippen LogP contribution in [-0.2, 0) is 4.74 Å². The van der Waals surface area contributed by atoms with Crippen molar-refractivity contribution in [2.45, 2.75) is 6.92 Å². The highest BCUT2D eigenvalue weighted by atomic mass is 79.9. The lowest BCUT2D eigenvalue weighted by Gasteiger charge is -2.10. The Morgan fingerprint density at radius 2 is 1.95 bits per heavy atom. The van der Waals surface area contributed by atoms with Crippen molar-refractivity contribution >= 4 is 15.9 Å². The summed E-state index contributed by atoms with van der Waals surface area (Å²) in [5.74, 6) is 2.02. The molecular formula is C15H16BrNO3.